The van der Waals surface area contributed by atoms with Crippen molar-refractivity contribution in [3.63, 3.8) is 0 Å². The number of halogens is 1. The zero-order valence-corrected chi connectivity index (χ0v) is 16.6. The van der Waals surface area contributed by atoms with Crippen LogP contribution in [0, 0.1) is 5.82 Å². The van der Waals surface area contributed by atoms with Gasteiger partial charge in [-0.15, -0.1) is 10.2 Å². The third-order valence-corrected chi connectivity index (χ3v) is 5.69. The first-order valence-corrected chi connectivity index (χ1v) is 10.3. The van der Waals surface area contributed by atoms with Crippen molar-refractivity contribution >= 4 is 10.0 Å². The Kier molecular flexibility index (Phi) is 5.34. The second-order valence-corrected chi connectivity index (χ2v) is 8.11. The first-order chi connectivity index (χ1) is 14.4. The molecule has 0 bridgehead atoms. The molecule has 4 rings (SSSR count). The van der Waals surface area contributed by atoms with E-state index in [4.69, 9.17) is 9.15 Å². The fraction of sp³-hybridized carbons (Fsp3) is 0.100. The van der Waals surface area contributed by atoms with Gasteiger partial charge in [-0.25, -0.2) is 17.5 Å². The number of methoxy groups -OCH3 is 1. The fourth-order valence-electron chi connectivity index (χ4n) is 2.74. The lowest BCUT2D eigenvalue weighted by atomic mass is 10.2. The van der Waals surface area contributed by atoms with Crippen LogP contribution in [0.3, 0.4) is 0 Å². The maximum atomic E-state index is 13.1. The van der Waals surface area contributed by atoms with Gasteiger partial charge in [-0.2, -0.15) is 0 Å². The average molecular weight is 428 g/mol. The molecular formula is C20H17FN4O4S. The van der Waals surface area contributed by atoms with Crippen molar-refractivity contribution < 1.29 is 22.0 Å². The molecule has 0 saturated carbocycles. The summed E-state index contributed by atoms with van der Waals surface area (Å²) in [4.78, 5) is 2.85. The monoisotopic (exact) mass is 428 g/mol. The van der Waals surface area contributed by atoms with Crippen molar-refractivity contribution in [2.45, 2.75) is 11.4 Å². The topological polar surface area (TPSA) is 110 Å². The third kappa shape index (κ3) is 4.24. The molecule has 0 radical (unpaired) electrons. The van der Waals surface area contributed by atoms with Crippen molar-refractivity contribution in [1.29, 1.82) is 0 Å². The summed E-state index contributed by atoms with van der Waals surface area (Å²) in [6.45, 7) is 0.106. The van der Waals surface area contributed by atoms with Crippen molar-refractivity contribution in [3.05, 3.63) is 72.2 Å². The van der Waals surface area contributed by atoms with Crippen LogP contribution in [0.5, 0.6) is 5.75 Å². The molecule has 0 fully saturated rings. The molecule has 0 atom stereocenters. The van der Waals surface area contributed by atoms with Crippen LogP contribution in [0.25, 0.3) is 23.0 Å². The summed E-state index contributed by atoms with van der Waals surface area (Å²) in [5, 5.41) is 7.84. The molecule has 0 aliphatic heterocycles. The number of aromatic amines is 1. The van der Waals surface area contributed by atoms with E-state index in [2.05, 4.69) is 19.9 Å². The van der Waals surface area contributed by atoms with Gasteiger partial charge >= 0.3 is 0 Å². The summed E-state index contributed by atoms with van der Waals surface area (Å²) in [6, 6.07) is 14.1. The van der Waals surface area contributed by atoms with Crippen LogP contribution in [-0.4, -0.2) is 30.7 Å². The molecular weight excluding hydrogens is 411 g/mol. The van der Waals surface area contributed by atoms with E-state index < -0.39 is 10.0 Å². The molecule has 0 spiro atoms. The first kappa shape index (κ1) is 19.8. The molecule has 2 aromatic carbocycles. The van der Waals surface area contributed by atoms with Gasteiger partial charge in [0.2, 0.25) is 15.9 Å². The van der Waals surface area contributed by atoms with Crippen LogP contribution in [-0.2, 0) is 16.6 Å². The Hall–Kier alpha value is -3.50. The van der Waals surface area contributed by atoms with Gasteiger partial charge in [0, 0.05) is 18.3 Å². The number of sulfonamides is 1. The van der Waals surface area contributed by atoms with E-state index in [-0.39, 0.29) is 29.0 Å². The summed E-state index contributed by atoms with van der Waals surface area (Å²) in [5.74, 6) is 0.576. The van der Waals surface area contributed by atoms with Crippen molar-refractivity contribution in [2.24, 2.45) is 0 Å². The van der Waals surface area contributed by atoms with E-state index in [9.17, 15) is 12.8 Å². The molecule has 30 heavy (non-hydrogen) atoms. The van der Waals surface area contributed by atoms with Crippen LogP contribution in [0.15, 0.2) is 70.1 Å². The number of hydrogen-bond donors (Lipinski definition) is 2. The Bertz CT molecular complexity index is 1270. The normalized spacial score (nSPS) is 11.5. The number of ether oxygens (including phenoxy) is 1. The lowest BCUT2D eigenvalue weighted by molar-refractivity contribution is 0.414. The van der Waals surface area contributed by atoms with E-state index in [1.807, 2.05) is 0 Å². The highest BCUT2D eigenvalue weighted by molar-refractivity contribution is 7.89. The van der Waals surface area contributed by atoms with Crippen molar-refractivity contribution in [3.8, 4) is 28.8 Å². The highest BCUT2D eigenvalue weighted by Gasteiger charge is 2.19. The smallest absolute Gasteiger partial charge is 0.264 e. The summed E-state index contributed by atoms with van der Waals surface area (Å²) >= 11 is 0. The molecule has 0 saturated heterocycles. The summed E-state index contributed by atoms with van der Waals surface area (Å²) in [6.07, 6.45) is 1.34. The summed E-state index contributed by atoms with van der Waals surface area (Å²) < 4.78 is 51.5. The molecule has 10 heteroatoms. The van der Waals surface area contributed by atoms with E-state index in [0.29, 0.717) is 17.0 Å². The Labute approximate surface area is 171 Å². The second kappa shape index (κ2) is 8.09. The maximum Gasteiger partial charge on any atom is 0.264 e. The molecule has 8 nitrogen and oxygen atoms in total. The van der Waals surface area contributed by atoms with Crippen LogP contribution >= 0.6 is 0 Å². The second-order valence-electron chi connectivity index (χ2n) is 6.34. The summed E-state index contributed by atoms with van der Waals surface area (Å²) in [7, 11) is -2.22. The quantitative estimate of drug-likeness (QED) is 0.467. The number of aromatic nitrogens is 3. The predicted molar refractivity (Wildman–Crippen MR) is 106 cm³/mol. The Balaban J connectivity index is 1.49. The largest absolute Gasteiger partial charge is 0.497 e. The average Bonchev–Trinajstić information content (AvgIpc) is 3.43. The van der Waals surface area contributed by atoms with Gasteiger partial charge in [-0.3, -0.25) is 0 Å². The Morgan fingerprint density at radius 1 is 1.10 bits per heavy atom. The van der Waals surface area contributed by atoms with Crippen LogP contribution in [0.1, 0.15) is 5.56 Å². The predicted octanol–water partition coefficient (Wildman–Crippen LogP) is 3.36. The minimum Gasteiger partial charge on any atom is -0.497 e. The van der Waals surface area contributed by atoms with Gasteiger partial charge in [-0.1, -0.05) is 12.1 Å². The summed E-state index contributed by atoms with van der Waals surface area (Å²) in [5.41, 5.74) is 1.65. The molecule has 0 amide bonds. The van der Waals surface area contributed by atoms with E-state index in [0.717, 1.165) is 5.56 Å². The van der Waals surface area contributed by atoms with Crippen LogP contribution < -0.4 is 9.46 Å². The highest BCUT2D eigenvalue weighted by Crippen LogP contribution is 2.25. The highest BCUT2D eigenvalue weighted by atomic mass is 32.2. The molecule has 2 heterocycles. The van der Waals surface area contributed by atoms with E-state index in [1.54, 1.807) is 31.4 Å². The molecule has 0 aliphatic carbocycles. The minimum atomic E-state index is -3.77. The SMILES string of the molecule is COc1cccc(CNS(=O)(=O)c2c[nH]c(-c3nnc(-c4ccc(F)cc4)o3)c2)c1. The number of benzene rings is 2. The Morgan fingerprint density at radius 3 is 2.63 bits per heavy atom. The van der Waals surface area contributed by atoms with Crippen molar-refractivity contribution in [1.82, 2.24) is 19.9 Å². The lowest BCUT2D eigenvalue weighted by Gasteiger charge is -2.06. The maximum absolute atomic E-state index is 13.1. The van der Waals surface area contributed by atoms with Gasteiger partial charge in [0.05, 0.1) is 7.11 Å². The van der Waals surface area contributed by atoms with Gasteiger partial charge in [0.1, 0.15) is 22.2 Å². The molecule has 154 valence electrons. The van der Waals surface area contributed by atoms with Crippen LogP contribution in [0.2, 0.25) is 0 Å². The zero-order chi connectivity index (χ0) is 21.1. The van der Waals surface area contributed by atoms with E-state index in [1.165, 1.54) is 36.5 Å². The molecule has 2 aromatic heterocycles. The standard InChI is InChI=1S/C20H17FN4O4S/c1-28-16-4-2-3-13(9-16)11-23-30(26,27)17-10-18(22-12-17)20-25-24-19(29-20)14-5-7-15(21)8-6-14/h2-10,12,22-23H,11H2,1H3. The first-order valence-electron chi connectivity index (χ1n) is 8.85. The van der Waals surface area contributed by atoms with Gasteiger partial charge in [0.15, 0.2) is 0 Å². The van der Waals surface area contributed by atoms with Gasteiger partial charge in [0.25, 0.3) is 5.89 Å². The molecule has 0 unspecified atom stereocenters. The molecule has 0 aliphatic rings. The molecule has 2 N–H and O–H groups in total. The number of rotatable bonds is 7. The number of nitrogens with zero attached hydrogens (tertiary/aromatic N) is 2. The van der Waals surface area contributed by atoms with E-state index >= 15 is 0 Å². The number of nitrogens with one attached hydrogen (secondary N) is 2. The zero-order valence-electron chi connectivity index (χ0n) is 15.8. The number of H-pyrrole nitrogens is 1. The third-order valence-electron chi connectivity index (χ3n) is 4.31. The minimum absolute atomic E-state index is 0.0296. The Morgan fingerprint density at radius 2 is 1.87 bits per heavy atom. The van der Waals surface area contributed by atoms with Crippen LogP contribution in [0.4, 0.5) is 4.39 Å². The molecule has 4 aromatic rings. The lowest BCUT2D eigenvalue weighted by Crippen LogP contribution is -2.22. The van der Waals surface area contributed by atoms with Gasteiger partial charge in [-0.05, 0) is 48.0 Å². The van der Waals surface area contributed by atoms with Crippen molar-refractivity contribution in [2.75, 3.05) is 7.11 Å². The van der Waals surface area contributed by atoms with Gasteiger partial charge < -0.3 is 14.1 Å². The fourth-order valence-corrected chi connectivity index (χ4v) is 3.75. The number of hydrogen-bond acceptors (Lipinski definition) is 6.